The highest BCUT2D eigenvalue weighted by molar-refractivity contribution is 7.22. The number of thiazole rings is 1. The maximum Gasteiger partial charge on any atom is 0.293 e. The van der Waals surface area contributed by atoms with E-state index in [1.807, 2.05) is 23.9 Å². The molecule has 1 saturated heterocycles. The first kappa shape index (κ1) is 24.0. The molecule has 2 heterocycles. The summed E-state index contributed by atoms with van der Waals surface area (Å²) < 4.78 is 20.2. The van der Waals surface area contributed by atoms with Crippen LogP contribution in [0.4, 0.5) is 20.9 Å². The zero-order valence-electron chi connectivity index (χ0n) is 19.1. The molecule has 4 rings (SSSR count). The van der Waals surface area contributed by atoms with Crippen LogP contribution in [0.3, 0.4) is 0 Å². The highest BCUT2D eigenvalue weighted by Gasteiger charge is 2.27. The summed E-state index contributed by atoms with van der Waals surface area (Å²) in [5.41, 5.74) is 0.734. The average Bonchev–Trinajstić information content (AvgIpc) is 3.27. The van der Waals surface area contributed by atoms with Gasteiger partial charge >= 0.3 is 0 Å². The van der Waals surface area contributed by atoms with Crippen LogP contribution >= 0.6 is 11.3 Å². The summed E-state index contributed by atoms with van der Waals surface area (Å²) in [7, 11) is 3.87. The largest absolute Gasteiger partial charge is 0.378 e. The molecular formula is C23H26FN5O4S. The van der Waals surface area contributed by atoms with Crippen LogP contribution in [-0.4, -0.2) is 74.2 Å². The summed E-state index contributed by atoms with van der Waals surface area (Å²) in [5.74, 6) is -0.860. The Labute approximate surface area is 200 Å². The quantitative estimate of drug-likeness (QED) is 0.353. The smallest absolute Gasteiger partial charge is 0.293 e. The van der Waals surface area contributed by atoms with Gasteiger partial charge in [-0.2, -0.15) is 0 Å². The second-order valence-corrected chi connectivity index (χ2v) is 9.27. The molecule has 0 unspecified atom stereocenters. The minimum atomic E-state index is -0.467. The summed E-state index contributed by atoms with van der Waals surface area (Å²) in [4.78, 5) is 34.7. The predicted molar refractivity (Wildman–Crippen MR) is 131 cm³/mol. The van der Waals surface area contributed by atoms with E-state index in [1.165, 1.54) is 28.4 Å². The zero-order chi connectivity index (χ0) is 24.2. The van der Waals surface area contributed by atoms with Crippen LogP contribution in [0.1, 0.15) is 16.8 Å². The molecule has 3 aromatic rings. The van der Waals surface area contributed by atoms with E-state index in [0.717, 1.165) is 6.54 Å². The highest BCUT2D eigenvalue weighted by Crippen LogP contribution is 2.33. The number of hydrogen-bond acceptors (Lipinski definition) is 8. The Bertz CT molecular complexity index is 1200. The number of nitrogens with zero attached hydrogens (tertiary/aromatic N) is 5. The molecule has 2 aromatic carbocycles. The Morgan fingerprint density at radius 1 is 1.24 bits per heavy atom. The molecule has 0 spiro atoms. The molecule has 11 heteroatoms. The van der Waals surface area contributed by atoms with Crippen LogP contribution in [-0.2, 0) is 4.74 Å². The van der Waals surface area contributed by atoms with Crippen LogP contribution in [0.15, 0.2) is 36.4 Å². The van der Waals surface area contributed by atoms with Crippen molar-refractivity contribution in [2.24, 2.45) is 0 Å². The minimum absolute atomic E-state index is 0.128. The number of para-hydroxylation sites is 1. The number of ether oxygens (including phenoxy) is 1. The van der Waals surface area contributed by atoms with Gasteiger partial charge < -0.3 is 14.5 Å². The van der Waals surface area contributed by atoms with Gasteiger partial charge in [-0.05, 0) is 51.3 Å². The lowest BCUT2D eigenvalue weighted by molar-refractivity contribution is -0.384. The van der Waals surface area contributed by atoms with Gasteiger partial charge in [0, 0.05) is 31.3 Å². The molecule has 0 atom stereocenters. The van der Waals surface area contributed by atoms with Crippen molar-refractivity contribution >= 4 is 44.0 Å². The fourth-order valence-corrected chi connectivity index (χ4v) is 4.88. The molecule has 0 aliphatic carbocycles. The molecule has 0 radical (unpaired) electrons. The highest BCUT2D eigenvalue weighted by atomic mass is 32.1. The SMILES string of the molecule is CN(C)CCCN(C(=O)c1ccc(N2CCOCC2)c([N+](=O)[O-])c1)c1nc2c(F)cccc2s1. The number of nitro groups is 1. The molecule has 0 bridgehead atoms. The standard InChI is InChI=1S/C23H26FN5O4S/c1-26(2)9-4-10-28(23-25-21-17(24)5-3-6-20(21)34-23)22(30)16-7-8-18(19(15-16)29(31)32)27-11-13-33-14-12-27/h3,5-8,15H,4,9-14H2,1-2H3. The van der Waals surface area contributed by atoms with Gasteiger partial charge in [0.1, 0.15) is 17.0 Å². The summed E-state index contributed by atoms with van der Waals surface area (Å²) in [6.07, 6.45) is 0.658. The van der Waals surface area contributed by atoms with Crippen molar-refractivity contribution in [3.05, 3.63) is 57.9 Å². The molecule has 9 nitrogen and oxygen atoms in total. The number of halogens is 1. The Morgan fingerprint density at radius 3 is 2.68 bits per heavy atom. The molecular weight excluding hydrogens is 461 g/mol. The van der Waals surface area contributed by atoms with E-state index in [-0.39, 0.29) is 16.8 Å². The van der Waals surface area contributed by atoms with Gasteiger partial charge in [0.15, 0.2) is 5.13 Å². The molecule has 1 fully saturated rings. The molecule has 1 aliphatic heterocycles. The first-order valence-electron chi connectivity index (χ1n) is 11.0. The van der Waals surface area contributed by atoms with Gasteiger partial charge in [-0.3, -0.25) is 19.8 Å². The minimum Gasteiger partial charge on any atom is -0.378 e. The fraction of sp³-hybridized carbons (Fsp3) is 0.391. The van der Waals surface area contributed by atoms with Gasteiger partial charge in [0.2, 0.25) is 0 Å². The fourth-order valence-electron chi connectivity index (χ4n) is 3.88. The van der Waals surface area contributed by atoms with E-state index in [9.17, 15) is 19.3 Å². The van der Waals surface area contributed by atoms with Crippen LogP contribution < -0.4 is 9.80 Å². The third-order valence-electron chi connectivity index (χ3n) is 5.59. The number of fused-ring (bicyclic) bond motifs is 1. The Balaban J connectivity index is 1.69. The maximum absolute atomic E-state index is 14.3. The van der Waals surface area contributed by atoms with Gasteiger partial charge in [-0.1, -0.05) is 17.4 Å². The maximum atomic E-state index is 14.3. The van der Waals surface area contributed by atoms with Gasteiger partial charge in [-0.25, -0.2) is 9.37 Å². The molecule has 0 saturated carbocycles. The molecule has 1 amide bonds. The number of aromatic nitrogens is 1. The van der Waals surface area contributed by atoms with E-state index < -0.39 is 16.6 Å². The number of nitro benzene ring substituents is 1. The van der Waals surface area contributed by atoms with Crippen LogP contribution in [0.5, 0.6) is 0 Å². The van der Waals surface area contributed by atoms with Crippen LogP contribution in [0.25, 0.3) is 10.2 Å². The second kappa shape index (κ2) is 10.4. The zero-order valence-corrected chi connectivity index (χ0v) is 19.9. The Morgan fingerprint density at radius 2 is 2.00 bits per heavy atom. The van der Waals surface area contributed by atoms with E-state index >= 15 is 0 Å². The number of anilines is 2. The third kappa shape index (κ3) is 5.16. The first-order valence-corrected chi connectivity index (χ1v) is 11.8. The van der Waals surface area contributed by atoms with Gasteiger partial charge in [0.05, 0.1) is 22.8 Å². The summed E-state index contributed by atoms with van der Waals surface area (Å²) in [6, 6.07) is 9.23. The Hall–Kier alpha value is -3.15. The average molecular weight is 488 g/mol. The molecule has 1 aliphatic rings. The topological polar surface area (TPSA) is 92.0 Å². The number of morpholine rings is 1. The van der Waals surface area contributed by atoms with E-state index in [4.69, 9.17) is 4.74 Å². The number of hydrogen-bond donors (Lipinski definition) is 0. The second-order valence-electron chi connectivity index (χ2n) is 8.26. The van der Waals surface area contributed by atoms with Crippen molar-refractivity contribution < 1.29 is 18.8 Å². The number of amides is 1. The first-order chi connectivity index (χ1) is 16.3. The van der Waals surface area contributed by atoms with Crippen LogP contribution in [0.2, 0.25) is 0 Å². The van der Waals surface area contributed by atoms with Crippen molar-refractivity contribution in [1.29, 1.82) is 0 Å². The number of carbonyl (C=O) groups is 1. The summed E-state index contributed by atoms with van der Waals surface area (Å²) in [6.45, 7) is 3.15. The summed E-state index contributed by atoms with van der Waals surface area (Å²) >= 11 is 1.22. The molecule has 0 N–H and O–H groups in total. The normalized spacial score (nSPS) is 14.1. The van der Waals surface area contributed by atoms with Crippen molar-refractivity contribution in [1.82, 2.24) is 9.88 Å². The molecule has 180 valence electrons. The van der Waals surface area contributed by atoms with Crippen molar-refractivity contribution in [2.45, 2.75) is 6.42 Å². The lowest BCUT2D eigenvalue weighted by Gasteiger charge is -2.28. The molecule has 1 aromatic heterocycles. The van der Waals surface area contributed by atoms with E-state index in [0.29, 0.717) is 54.8 Å². The number of rotatable bonds is 8. The lowest BCUT2D eigenvalue weighted by atomic mass is 10.1. The van der Waals surface area contributed by atoms with Gasteiger partial charge in [0.25, 0.3) is 11.6 Å². The van der Waals surface area contributed by atoms with Crippen molar-refractivity contribution in [2.75, 3.05) is 63.3 Å². The number of benzene rings is 2. The molecule has 34 heavy (non-hydrogen) atoms. The Kier molecular flexibility index (Phi) is 7.35. The van der Waals surface area contributed by atoms with Crippen molar-refractivity contribution in [3.8, 4) is 0 Å². The predicted octanol–water partition coefficient (Wildman–Crippen LogP) is 3.78. The van der Waals surface area contributed by atoms with E-state index in [1.54, 1.807) is 24.3 Å². The number of carbonyl (C=O) groups excluding carboxylic acids is 1. The monoisotopic (exact) mass is 487 g/mol. The van der Waals surface area contributed by atoms with Crippen molar-refractivity contribution in [3.63, 3.8) is 0 Å². The van der Waals surface area contributed by atoms with Crippen LogP contribution in [0, 0.1) is 15.9 Å². The third-order valence-corrected chi connectivity index (χ3v) is 6.64. The lowest BCUT2D eigenvalue weighted by Crippen LogP contribution is -2.37. The van der Waals surface area contributed by atoms with E-state index in [2.05, 4.69) is 4.98 Å². The van der Waals surface area contributed by atoms with Gasteiger partial charge in [-0.15, -0.1) is 0 Å². The summed E-state index contributed by atoms with van der Waals surface area (Å²) in [5, 5.41) is 12.2.